The Bertz CT molecular complexity index is 746. The van der Waals surface area contributed by atoms with Gasteiger partial charge in [-0.15, -0.1) is 0 Å². The van der Waals surface area contributed by atoms with Crippen LogP contribution in [-0.4, -0.2) is 16.6 Å². The van der Waals surface area contributed by atoms with Crippen molar-refractivity contribution >= 4 is 32.5 Å². The van der Waals surface area contributed by atoms with Crippen molar-refractivity contribution in [2.24, 2.45) is 0 Å². The van der Waals surface area contributed by atoms with E-state index in [2.05, 4.69) is 26.2 Å². The van der Waals surface area contributed by atoms with E-state index >= 15 is 0 Å². The molecule has 2 N–H and O–H groups in total. The van der Waals surface area contributed by atoms with Crippen LogP contribution in [0.4, 0.5) is 5.69 Å². The molecule has 0 fully saturated rings. The molecule has 2 aromatic carbocycles. The Kier molecular flexibility index (Phi) is 4.18. The van der Waals surface area contributed by atoms with Crippen LogP contribution in [0.1, 0.15) is 11.7 Å². The number of nitrogens with zero attached hydrogens (tertiary/aromatic N) is 1. The highest BCUT2D eigenvalue weighted by atomic mass is 79.9. The summed E-state index contributed by atoms with van der Waals surface area (Å²) in [6.07, 6.45) is 1.23. The molecule has 0 radical (unpaired) electrons. The predicted octanol–water partition coefficient (Wildman–Crippen LogP) is 4.14. The van der Waals surface area contributed by atoms with Crippen LogP contribution in [0.2, 0.25) is 0 Å². The number of pyridine rings is 1. The fraction of sp³-hybridized carbons (Fsp3) is 0.118. The quantitative estimate of drug-likeness (QED) is 0.748. The van der Waals surface area contributed by atoms with Crippen LogP contribution >= 0.6 is 15.9 Å². The fourth-order valence-corrected chi connectivity index (χ4v) is 2.74. The van der Waals surface area contributed by atoms with Crippen molar-refractivity contribution in [1.29, 1.82) is 0 Å². The number of aromatic nitrogens is 1. The molecule has 4 heteroatoms. The van der Waals surface area contributed by atoms with Crippen LogP contribution in [0.5, 0.6) is 0 Å². The van der Waals surface area contributed by atoms with E-state index < -0.39 is 6.10 Å². The van der Waals surface area contributed by atoms with Crippen LogP contribution in [0.3, 0.4) is 0 Å². The van der Waals surface area contributed by atoms with E-state index in [1.54, 1.807) is 6.20 Å². The van der Waals surface area contributed by atoms with Gasteiger partial charge in [-0.05, 0) is 27.6 Å². The summed E-state index contributed by atoms with van der Waals surface area (Å²) < 4.78 is 0.890. The van der Waals surface area contributed by atoms with Crippen LogP contribution in [-0.2, 0) is 0 Å². The minimum Gasteiger partial charge on any atom is -0.387 e. The maximum Gasteiger partial charge on any atom is 0.0962 e. The summed E-state index contributed by atoms with van der Waals surface area (Å²) in [6.45, 7) is 0.441. The second-order valence-corrected chi connectivity index (χ2v) is 5.66. The van der Waals surface area contributed by atoms with Crippen LogP contribution in [0.25, 0.3) is 10.9 Å². The SMILES string of the molecule is OC(CNc1c(Br)cnc2ccccc12)c1ccccc1. The summed E-state index contributed by atoms with van der Waals surface area (Å²) in [4.78, 5) is 4.38. The average molecular weight is 343 g/mol. The Morgan fingerprint density at radius 3 is 2.57 bits per heavy atom. The first-order valence-electron chi connectivity index (χ1n) is 6.76. The molecule has 0 bridgehead atoms. The number of halogens is 1. The zero-order valence-electron chi connectivity index (χ0n) is 11.3. The smallest absolute Gasteiger partial charge is 0.0962 e. The van der Waals surface area contributed by atoms with Gasteiger partial charge in [-0.25, -0.2) is 0 Å². The lowest BCUT2D eigenvalue weighted by Gasteiger charge is -2.15. The van der Waals surface area contributed by atoms with Gasteiger partial charge in [0.2, 0.25) is 0 Å². The Balaban J connectivity index is 1.84. The molecule has 3 rings (SSSR count). The molecule has 0 spiro atoms. The number of aliphatic hydroxyl groups is 1. The summed E-state index contributed by atoms with van der Waals surface area (Å²) in [5.41, 5.74) is 2.78. The first-order chi connectivity index (χ1) is 10.3. The van der Waals surface area contributed by atoms with Gasteiger partial charge in [0.1, 0.15) is 0 Å². The average Bonchev–Trinajstić information content (AvgIpc) is 2.54. The Labute approximate surface area is 131 Å². The monoisotopic (exact) mass is 342 g/mol. The van der Waals surface area contributed by atoms with Gasteiger partial charge in [0.25, 0.3) is 0 Å². The van der Waals surface area contributed by atoms with Crippen molar-refractivity contribution in [3.8, 4) is 0 Å². The van der Waals surface area contributed by atoms with E-state index in [9.17, 15) is 5.11 Å². The minimum absolute atomic E-state index is 0.441. The molecule has 106 valence electrons. The van der Waals surface area contributed by atoms with Gasteiger partial charge in [0.05, 0.1) is 21.8 Å². The normalized spacial score (nSPS) is 12.3. The van der Waals surface area contributed by atoms with E-state index in [0.717, 1.165) is 26.6 Å². The van der Waals surface area contributed by atoms with Crippen LogP contribution in [0.15, 0.2) is 65.3 Å². The number of hydrogen-bond acceptors (Lipinski definition) is 3. The third-order valence-electron chi connectivity index (χ3n) is 3.39. The molecule has 0 saturated carbocycles. The summed E-state index contributed by atoms with van der Waals surface area (Å²) >= 11 is 3.52. The third kappa shape index (κ3) is 3.06. The summed E-state index contributed by atoms with van der Waals surface area (Å²) in [6, 6.07) is 17.6. The van der Waals surface area contributed by atoms with Crippen LogP contribution < -0.4 is 5.32 Å². The number of nitrogens with one attached hydrogen (secondary N) is 1. The van der Waals surface area contributed by atoms with Gasteiger partial charge in [-0.1, -0.05) is 48.5 Å². The zero-order valence-corrected chi connectivity index (χ0v) is 12.9. The molecule has 1 aromatic heterocycles. The standard InChI is InChI=1S/C17H15BrN2O/c18-14-10-19-15-9-5-4-8-13(15)17(14)20-11-16(21)12-6-2-1-3-7-12/h1-10,16,21H,11H2,(H,19,20). The molecule has 0 aliphatic heterocycles. The molecule has 0 saturated heterocycles. The lowest BCUT2D eigenvalue weighted by atomic mass is 10.1. The van der Waals surface area contributed by atoms with Crippen molar-refractivity contribution in [3.05, 3.63) is 70.8 Å². The van der Waals surface area contributed by atoms with Crippen molar-refractivity contribution in [2.45, 2.75) is 6.10 Å². The summed E-state index contributed by atoms with van der Waals surface area (Å²) in [5, 5.41) is 14.6. The second kappa shape index (κ2) is 6.24. The lowest BCUT2D eigenvalue weighted by molar-refractivity contribution is 0.191. The van der Waals surface area contributed by atoms with Crippen LogP contribution in [0, 0.1) is 0 Å². The van der Waals surface area contributed by atoms with E-state index in [4.69, 9.17) is 0 Å². The Hall–Kier alpha value is -1.91. The van der Waals surface area contributed by atoms with E-state index in [0.29, 0.717) is 6.54 Å². The van der Waals surface area contributed by atoms with Crippen molar-refractivity contribution in [1.82, 2.24) is 4.98 Å². The van der Waals surface area contributed by atoms with Gasteiger partial charge in [0, 0.05) is 18.1 Å². The van der Waals surface area contributed by atoms with Gasteiger partial charge in [0.15, 0.2) is 0 Å². The van der Waals surface area contributed by atoms with Gasteiger partial charge >= 0.3 is 0 Å². The third-order valence-corrected chi connectivity index (χ3v) is 3.99. The largest absolute Gasteiger partial charge is 0.387 e. The highest BCUT2D eigenvalue weighted by Gasteiger charge is 2.10. The fourth-order valence-electron chi connectivity index (χ4n) is 2.29. The molecule has 3 aromatic rings. The topological polar surface area (TPSA) is 45.1 Å². The van der Waals surface area contributed by atoms with Crippen molar-refractivity contribution < 1.29 is 5.11 Å². The molecule has 1 unspecified atom stereocenters. The first-order valence-corrected chi connectivity index (χ1v) is 7.55. The molecule has 1 atom stereocenters. The maximum absolute atomic E-state index is 10.3. The molecular weight excluding hydrogens is 328 g/mol. The number of fused-ring (bicyclic) bond motifs is 1. The van der Waals surface area contributed by atoms with E-state index in [-0.39, 0.29) is 0 Å². The highest BCUT2D eigenvalue weighted by molar-refractivity contribution is 9.10. The number of rotatable bonds is 4. The number of para-hydroxylation sites is 1. The zero-order chi connectivity index (χ0) is 14.7. The summed E-state index contributed by atoms with van der Waals surface area (Å²) in [5.74, 6) is 0. The number of aliphatic hydroxyl groups excluding tert-OH is 1. The Morgan fingerprint density at radius 2 is 1.76 bits per heavy atom. The maximum atomic E-state index is 10.3. The molecule has 0 aliphatic rings. The minimum atomic E-state index is -0.551. The Morgan fingerprint density at radius 1 is 1.05 bits per heavy atom. The van der Waals surface area contributed by atoms with Crippen molar-refractivity contribution in [3.63, 3.8) is 0 Å². The van der Waals surface area contributed by atoms with Gasteiger partial charge < -0.3 is 10.4 Å². The van der Waals surface area contributed by atoms with E-state index in [1.807, 2.05) is 54.6 Å². The van der Waals surface area contributed by atoms with E-state index in [1.165, 1.54) is 0 Å². The molecular formula is C17H15BrN2O. The summed E-state index contributed by atoms with van der Waals surface area (Å²) in [7, 11) is 0. The number of hydrogen-bond donors (Lipinski definition) is 2. The number of anilines is 1. The lowest BCUT2D eigenvalue weighted by Crippen LogP contribution is -2.12. The predicted molar refractivity (Wildman–Crippen MR) is 89.3 cm³/mol. The number of benzene rings is 2. The highest BCUT2D eigenvalue weighted by Crippen LogP contribution is 2.30. The molecule has 0 aliphatic carbocycles. The second-order valence-electron chi connectivity index (χ2n) is 4.81. The molecule has 0 amide bonds. The molecule has 1 heterocycles. The van der Waals surface area contributed by atoms with Crippen molar-refractivity contribution in [2.75, 3.05) is 11.9 Å². The first kappa shape index (κ1) is 14.0. The molecule has 21 heavy (non-hydrogen) atoms. The molecule has 3 nitrogen and oxygen atoms in total. The van der Waals surface area contributed by atoms with Gasteiger partial charge in [-0.3, -0.25) is 4.98 Å². The van der Waals surface area contributed by atoms with Gasteiger partial charge in [-0.2, -0.15) is 0 Å².